The lowest BCUT2D eigenvalue weighted by atomic mass is 9.85. The van der Waals surface area contributed by atoms with Gasteiger partial charge in [-0.05, 0) is 31.0 Å². The van der Waals surface area contributed by atoms with Crippen LogP contribution in [-0.2, 0) is 5.60 Å². The molecule has 1 saturated heterocycles. The van der Waals surface area contributed by atoms with Gasteiger partial charge >= 0.3 is 0 Å². The molecule has 22 heavy (non-hydrogen) atoms. The molecule has 114 valence electrons. The van der Waals surface area contributed by atoms with Gasteiger partial charge in [-0.3, -0.25) is 9.78 Å². The molecule has 5 nitrogen and oxygen atoms in total. The van der Waals surface area contributed by atoms with Crippen LogP contribution in [0.2, 0.25) is 0 Å². The van der Waals surface area contributed by atoms with E-state index in [2.05, 4.69) is 9.97 Å². The van der Waals surface area contributed by atoms with Crippen LogP contribution in [0.25, 0.3) is 0 Å². The Kier molecular flexibility index (Phi) is 3.85. The topological polar surface area (TPSA) is 66.3 Å². The molecule has 0 unspecified atom stereocenters. The number of carbonyl (C=O) groups excluding carboxylic acids is 1. The molecule has 0 aliphatic carbocycles. The standard InChI is InChI=1S/C16H16FN3O2/c17-14-12(4-3-9-19-14)16(22)6-10-20(11-7-16)15(21)13-5-1-2-8-18-13/h1-5,8-9,22H,6-7,10-11H2. The second-order valence-corrected chi connectivity index (χ2v) is 5.38. The molecular weight excluding hydrogens is 285 g/mol. The third kappa shape index (κ3) is 2.69. The zero-order valence-corrected chi connectivity index (χ0v) is 11.9. The van der Waals surface area contributed by atoms with Crippen molar-refractivity contribution >= 4 is 5.91 Å². The molecule has 1 amide bonds. The average Bonchev–Trinajstić information content (AvgIpc) is 2.56. The Labute approximate surface area is 127 Å². The van der Waals surface area contributed by atoms with Gasteiger partial charge in [-0.15, -0.1) is 0 Å². The number of carbonyl (C=O) groups is 1. The average molecular weight is 301 g/mol. The first-order chi connectivity index (χ1) is 10.6. The summed E-state index contributed by atoms with van der Waals surface area (Å²) >= 11 is 0. The minimum absolute atomic E-state index is 0.172. The highest BCUT2D eigenvalue weighted by atomic mass is 19.1. The van der Waals surface area contributed by atoms with Gasteiger partial charge in [-0.25, -0.2) is 4.98 Å². The van der Waals surface area contributed by atoms with Crippen LogP contribution in [0.4, 0.5) is 4.39 Å². The first-order valence-corrected chi connectivity index (χ1v) is 7.14. The van der Waals surface area contributed by atoms with E-state index in [1.54, 1.807) is 41.4 Å². The fraction of sp³-hybridized carbons (Fsp3) is 0.312. The Hall–Kier alpha value is -2.34. The molecule has 1 fully saturated rings. The SMILES string of the molecule is O=C(c1ccccn1)N1CCC(O)(c2cccnc2F)CC1. The van der Waals surface area contributed by atoms with Gasteiger partial charge in [0.05, 0.1) is 5.60 Å². The van der Waals surface area contributed by atoms with Gasteiger partial charge in [0.25, 0.3) is 5.91 Å². The number of piperidine rings is 1. The largest absolute Gasteiger partial charge is 0.385 e. The highest BCUT2D eigenvalue weighted by Gasteiger charge is 2.37. The number of hydrogen-bond acceptors (Lipinski definition) is 4. The molecule has 0 spiro atoms. The Bertz CT molecular complexity index is 670. The van der Waals surface area contributed by atoms with Crippen molar-refractivity contribution in [2.75, 3.05) is 13.1 Å². The minimum Gasteiger partial charge on any atom is -0.385 e. The lowest BCUT2D eigenvalue weighted by molar-refractivity contribution is -0.0242. The maximum Gasteiger partial charge on any atom is 0.272 e. The monoisotopic (exact) mass is 301 g/mol. The van der Waals surface area contributed by atoms with Crippen LogP contribution < -0.4 is 0 Å². The summed E-state index contributed by atoms with van der Waals surface area (Å²) in [7, 11) is 0. The first kappa shape index (κ1) is 14.6. The summed E-state index contributed by atoms with van der Waals surface area (Å²) in [5.74, 6) is -0.830. The number of aliphatic hydroxyl groups is 1. The molecule has 2 aromatic heterocycles. The van der Waals surface area contributed by atoms with Gasteiger partial charge in [-0.2, -0.15) is 4.39 Å². The van der Waals surface area contributed by atoms with Crippen LogP contribution >= 0.6 is 0 Å². The summed E-state index contributed by atoms with van der Waals surface area (Å²) in [5, 5.41) is 10.7. The molecule has 3 heterocycles. The first-order valence-electron chi connectivity index (χ1n) is 7.14. The number of likely N-dealkylation sites (tertiary alicyclic amines) is 1. The van der Waals surface area contributed by atoms with Crippen molar-refractivity contribution in [3.8, 4) is 0 Å². The maximum atomic E-state index is 13.8. The summed E-state index contributed by atoms with van der Waals surface area (Å²) in [5.41, 5.74) is -0.709. The lowest BCUT2D eigenvalue weighted by Gasteiger charge is -2.38. The lowest BCUT2D eigenvalue weighted by Crippen LogP contribution is -2.45. The van der Waals surface area contributed by atoms with Crippen molar-refractivity contribution in [3.63, 3.8) is 0 Å². The Morgan fingerprint density at radius 3 is 2.50 bits per heavy atom. The van der Waals surface area contributed by atoms with Gasteiger partial charge in [-0.1, -0.05) is 12.1 Å². The summed E-state index contributed by atoms with van der Waals surface area (Å²) in [6.07, 6.45) is 3.46. The van der Waals surface area contributed by atoms with E-state index in [4.69, 9.17) is 0 Å². The molecular formula is C16H16FN3O2. The summed E-state index contributed by atoms with van der Waals surface area (Å²) < 4.78 is 13.8. The smallest absolute Gasteiger partial charge is 0.272 e. The van der Waals surface area contributed by atoms with Gasteiger partial charge in [0, 0.05) is 31.0 Å². The number of halogens is 1. The zero-order valence-electron chi connectivity index (χ0n) is 11.9. The molecule has 2 aromatic rings. The third-order valence-corrected chi connectivity index (χ3v) is 4.02. The van der Waals surface area contributed by atoms with Crippen LogP contribution in [0, 0.1) is 5.95 Å². The van der Waals surface area contributed by atoms with Crippen molar-refractivity contribution in [1.29, 1.82) is 0 Å². The summed E-state index contributed by atoms with van der Waals surface area (Å²) in [4.78, 5) is 21.6. The molecule has 6 heteroatoms. The maximum absolute atomic E-state index is 13.8. The van der Waals surface area contributed by atoms with Crippen molar-refractivity contribution in [1.82, 2.24) is 14.9 Å². The molecule has 1 aliphatic heterocycles. The van der Waals surface area contributed by atoms with E-state index in [9.17, 15) is 14.3 Å². The van der Waals surface area contributed by atoms with E-state index in [0.29, 0.717) is 18.8 Å². The van der Waals surface area contributed by atoms with Crippen molar-refractivity contribution in [2.45, 2.75) is 18.4 Å². The van der Waals surface area contributed by atoms with Gasteiger partial charge in [0.15, 0.2) is 0 Å². The number of rotatable bonds is 2. The predicted octanol–water partition coefficient (Wildman–Crippen LogP) is 1.74. The normalized spacial score (nSPS) is 17.3. The van der Waals surface area contributed by atoms with Crippen molar-refractivity contribution in [3.05, 3.63) is 59.9 Å². The second kappa shape index (κ2) is 5.81. The quantitative estimate of drug-likeness (QED) is 0.858. The molecule has 1 aliphatic rings. The van der Waals surface area contributed by atoms with E-state index in [1.165, 1.54) is 6.20 Å². The van der Waals surface area contributed by atoms with Crippen LogP contribution in [0.15, 0.2) is 42.7 Å². The predicted molar refractivity (Wildman–Crippen MR) is 77.5 cm³/mol. The minimum atomic E-state index is -1.28. The van der Waals surface area contributed by atoms with Crippen LogP contribution in [-0.4, -0.2) is 39.0 Å². The Morgan fingerprint density at radius 2 is 1.86 bits per heavy atom. The van der Waals surface area contributed by atoms with Crippen molar-refractivity contribution in [2.24, 2.45) is 0 Å². The third-order valence-electron chi connectivity index (χ3n) is 4.02. The zero-order chi connectivity index (χ0) is 15.6. The molecule has 0 bridgehead atoms. The fourth-order valence-corrected chi connectivity index (χ4v) is 2.73. The number of pyridine rings is 2. The van der Waals surface area contributed by atoms with Crippen LogP contribution in [0.1, 0.15) is 28.9 Å². The number of hydrogen-bond donors (Lipinski definition) is 1. The Balaban J connectivity index is 1.73. The molecule has 1 N–H and O–H groups in total. The molecule has 0 radical (unpaired) electrons. The van der Waals surface area contributed by atoms with E-state index in [0.717, 1.165) is 0 Å². The summed E-state index contributed by atoms with van der Waals surface area (Å²) in [6.45, 7) is 0.695. The number of amides is 1. The number of nitrogens with zero attached hydrogens (tertiary/aromatic N) is 3. The molecule has 0 atom stereocenters. The van der Waals surface area contributed by atoms with Crippen molar-refractivity contribution < 1.29 is 14.3 Å². The molecule has 0 aromatic carbocycles. The van der Waals surface area contributed by atoms with Crippen LogP contribution in [0.3, 0.4) is 0 Å². The molecule has 0 saturated carbocycles. The van der Waals surface area contributed by atoms with Crippen LogP contribution in [0.5, 0.6) is 0 Å². The highest BCUT2D eigenvalue weighted by molar-refractivity contribution is 5.92. The van der Waals surface area contributed by atoms with Gasteiger partial charge in [0.2, 0.25) is 5.95 Å². The molecule has 3 rings (SSSR count). The Morgan fingerprint density at radius 1 is 1.14 bits per heavy atom. The van der Waals surface area contributed by atoms with E-state index in [-0.39, 0.29) is 24.3 Å². The van der Waals surface area contributed by atoms with Gasteiger partial charge < -0.3 is 10.0 Å². The summed E-state index contributed by atoms with van der Waals surface area (Å²) in [6, 6.07) is 8.30. The van der Waals surface area contributed by atoms with E-state index < -0.39 is 11.5 Å². The highest BCUT2D eigenvalue weighted by Crippen LogP contribution is 2.33. The fourth-order valence-electron chi connectivity index (χ4n) is 2.73. The van der Waals surface area contributed by atoms with Gasteiger partial charge in [0.1, 0.15) is 5.69 Å². The number of aromatic nitrogens is 2. The van der Waals surface area contributed by atoms with E-state index in [1.807, 2.05) is 0 Å². The second-order valence-electron chi connectivity index (χ2n) is 5.38. The van der Waals surface area contributed by atoms with E-state index >= 15 is 0 Å².